The van der Waals surface area contributed by atoms with E-state index in [0.717, 1.165) is 41.8 Å². The van der Waals surface area contributed by atoms with Crippen molar-refractivity contribution in [1.82, 2.24) is 15.3 Å². The lowest BCUT2D eigenvalue weighted by atomic mass is 9.97. The summed E-state index contributed by atoms with van der Waals surface area (Å²) in [7, 11) is 1.63. The number of amides is 1. The Kier molecular flexibility index (Phi) is 6.31. The smallest absolute Gasteiger partial charge is 0.270 e. The van der Waals surface area contributed by atoms with Crippen LogP contribution in [0.5, 0.6) is 5.75 Å². The number of hydrogen-bond acceptors (Lipinski definition) is 6. The number of hydrogen-bond donors (Lipinski definition) is 2. The molecule has 0 spiro atoms. The third-order valence-corrected chi connectivity index (χ3v) is 7.16. The largest absolute Gasteiger partial charge is 0.497 e. The van der Waals surface area contributed by atoms with Crippen molar-refractivity contribution >= 4 is 33.4 Å². The van der Waals surface area contributed by atoms with Gasteiger partial charge in [0.25, 0.3) is 5.56 Å². The van der Waals surface area contributed by atoms with E-state index in [1.165, 1.54) is 11.3 Å². The number of carbonyl (C=O) groups excluding carboxylic acids is 1. The molecule has 1 saturated heterocycles. The molecular weight excluding hydrogens is 448 g/mol. The fourth-order valence-corrected chi connectivity index (χ4v) is 5.30. The van der Waals surface area contributed by atoms with Crippen LogP contribution >= 0.6 is 11.3 Å². The third kappa shape index (κ3) is 4.54. The molecular formula is C26H26N4O3S. The predicted molar refractivity (Wildman–Crippen MR) is 135 cm³/mol. The highest BCUT2D eigenvalue weighted by atomic mass is 32.1. The van der Waals surface area contributed by atoms with Crippen LogP contribution in [0.15, 0.2) is 64.8 Å². The second kappa shape index (κ2) is 9.69. The molecule has 1 amide bonds. The minimum atomic E-state index is -0.170. The van der Waals surface area contributed by atoms with Crippen molar-refractivity contribution in [3.05, 3.63) is 75.9 Å². The Labute approximate surface area is 201 Å². The summed E-state index contributed by atoms with van der Waals surface area (Å²) in [4.78, 5) is 35.5. The Balaban J connectivity index is 1.33. The fraction of sp³-hybridized carbons (Fsp3) is 0.269. The van der Waals surface area contributed by atoms with Crippen molar-refractivity contribution in [3.63, 3.8) is 0 Å². The van der Waals surface area contributed by atoms with Crippen LogP contribution in [-0.4, -0.2) is 36.1 Å². The first-order chi connectivity index (χ1) is 16.6. The average Bonchev–Trinajstić information content (AvgIpc) is 3.33. The summed E-state index contributed by atoms with van der Waals surface area (Å²) in [6, 6.07) is 17.6. The summed E-state index contributed by atoms with van der Waals surface area (Å²) >= 11 is 1.41. The summed E-state index contributed by atoms with van der Waals surface area (Å²) in [5, 5.41) is 5.03. The van der Waals surface area contributed by atoms with Gasteiger partial charge in [0.1, 0.15) is 10.4 Å². The van der Waals surface area contributed by atoms with Crippen LogP contribution in [0.25, 0.3) is 21.3 Å². The van der Waals surface area contributed by atoms with E-state index in [1.54, 1.807) is 7.11 Å². The molecule has 2 aromatic carbocycles. The SMILES string of the molecule is COc1cccc(CNC(=O)[C@H]2CCCN(c3nc4c(-c5ccccc5)csc4c(=O)[nH]3)C2)c1. The second-order valence-corrected chi connectivity index (χ2v) is 9.32. The number of thiophene rings is 1. The Bertz CT molecular complexity index is 1370. The van der Waals surface area contributed by atoms with Crippen LogP contribution < -0.4 is 20.5 Å². The topological polar surface area (TPSA) is 87.3 Å². The number of carbonyl (C=O) groups is 1. The monoisotopic (exact) mass is 474 g/mol. The lowest BCUT2D eigenvalue weighted by Gasteiger charge is -2.32. The van der Waals surface area contributed by atoms with E-state index < -0.39 is 0 Å². The Morgan fingerprint density at radius 3 is 2.91 bits per heavy atom. The molecule has 0 unspecified atom stereocenters. The van der Waals surface area contributed by atoms with E-state index in [2.05, 4.69) is 10.3 Å². The maximum absolute atomic E-state index is 12.9. The fourth-order valence-electron chi connectivity index (χ4n) is 4.39. The molecule has 7 nitrogen and oxygen atoms in total. The van der Waals surface area contributed by atoms with Gasteiger partial charge in [-0.2, -0.15) is 0 Å². The molecule has 1 aliphatic heterocycles. The molecule has 4 aromatic rings. The lowest BCUT2D eigenvalue weighted by molar-refractivity contribution is -0.125. The number of piperidine rings is 1. The lowest BCUT2D eigenvalue weighted by Crippen LogP contribution is -2.44. The summed E-state index contributed by atoms with van der Waals surface area (Å²) in [5.74, 6) is 1.13. The van der Waals surface area contributed by atoms with Gasteiger partial charge < -0.3 is 15.0 Å². The summed E-state index contributed by atoms with van der Waals surface area (Å²) in [6.07, 6.45) is 1.66. The standard InChI is InChI=1S/C26H26N4O3S/c1-33-20-11-5-7-17(13-20)14-27-24(31)19-10-6-12-30(15-19)26-28-22-21(18-8-3-2-4-9-18)16-34-23(22)25(32)29-26/h2-5,7-9,11,13,16,19H,6,10,12,14-15H2,1H3,(H,27,31)(H,28,29,32)/t19-/m0/s1. The highest BCUT2D eigenvalue weighted by molar-refractivity contribution is 7.17. The van der Waals surface area contributed by atoms with Crippen LogP contribution in [0.3, 0.4) is 0 Å². The number of methoxy groups -OCH3 is 1. The molecule has 8 heteroatoms. The minimum Gasteiger partial charge on any atom is -0.497 e. The van der Waals surface area contributed by atoms with E-state index in [1.807, 2.05) is 64.9 Å². The van der Waals surface area contributed by atoms with Crippen molar-refractivity contribution in [2.75, 3.05) is 25.1 Å². The zero-order valence-electron chi connectivity index (χ0n) is 18.9. The molecule has 2 aromatic heterocycles. The number of aromatic nitrogens is 2. The van der Waals surface area contributed by atoms with Gasteiger partial charge in [0.2, 0.25) is 11.9 Å². The molecule has 3 heterocycles. The number of anilines is 1. The molecule has 0 radical (unpaired) electrons. The summed E-state index contributed by atoms with van der Waals surface area (Å²) < 4.78 is 5.88. The molecule has 5 rings (SSSR count). The van der Waals surface area contributed by atoms with Crippen LogP contribution in [0.4, 0.5) is 5.95 Å². The third-order valence-electron chi connectivity index (χ3n) is 6.19. The number of nitrogens with zero attached hydrogens (tertiary/aromatic N) is 2. The van der Waals surface area contributed by atoms with E-state index in [4.69, 9.17) is 9.72 Å². The highest BCUT2D eigenvalue weighted by Crippen LogP contribution is 2.32. The number of H-pyrrole nitrogens is 1. The zero-order valence-corrected chi connectivity index (χ0v) is 19.7. The molecule has 1 atom stereocenters. The predicted octanol–water partition coefficient (Wildman–Crippen LogP) is 4.19. The van der Waals surface area contributed by atoms with Gasteiger partial charge in [-0.05, 0) is 36.1 Å². The van der Waals surface area contributed by atoms with E-state index in [-0.39, 0.29) is 17.4 Å². The maximum atomic E-state index is 12.9. The van der Waals surface area contributed by atoms with Gasteiger partial charge in [0, 0.05) is 30.6 Å². The quantitative estimate of drug-likeness (QED) is 0.438. The van der Waals surface area contributed by atoms with Gasteiger partial charge in [-0.1, -0.05) is 42.5 Å². The summed E-state index contributed by atoms with van der Waals surface area (Å²) in [5.41, 5.74) is 3.54. The Morgan fingerprint density at radius 2 is 2.09 bits per heavy atom. The average molecular weight is 475 g/mol. The van der Waals surface area contributed by atoms with Gasteiger partial charge in [0.15, 0.2) is 0 Å². The van der Waals surface area contributed by atoms with E-state index in [9.17, 15) is 9.59 Å². The molecule has 0 bridgehead atoms. The Hall–Kier alpha value is -3.65. The molecule has 34 heavy (non-hydrogen) atoms. The number of aromatic amines is 1. The molecule has 0 saturated carbocycles. The number of benzene rings is 2. The molecule has 1 fully saturated rings. The number of fused-ring (bicyclic) bond motifs is 1. The van der Waals surface area contributed by atoms with Crippen LogP contribution in [0, 0.1) is 5.92 Å². The number of ether oxygens (including phenoxy) is 1. The first-order valence-electron chi connectivity index (χ1n) is 11.3. The normalized spacial score (nSPS) is 15.9. The van der Waals surface area contributed by atoms with Crippen molar-refractivity contribution in [2.24, 2.45) is 5.92 Å². The van der Waals surface area contributed by atoms with Gasteiger partial charge in [-0.3, -0.25) is 14.6 Å². The van der Waals surface area contributed by atoms with Gasteiger partial charge in [-0.25, -0.2) is 4.98 Å². The van der Waals surface area contributed by atoms with Crippen molar-refractivity contribution in [2.45, 2.75) is 19.4 Å². The van der Waals surface area contributed by atoms with Crippen molar-refractivity contribution < 1.29 is 9.53 Å². The summed E-state index contributed by atoms with van der Waals surface area (Å²) in [6.45, 7) is 1.71. The maximum Gasteiger partial charge on any atom is 0.270 e. The van der Waals surface area contributed by atoms with Crippen molar-refractivity contribution in [1.29, 1.82) is 0 Å². The minimum absolute atomic E-state index is 0.0106. The molecule has 174 valence electrons. The Morgan fingerprint density at radius 1 is 1.24 bits per heavy atom. The van der Waals surface area contributed by atoms with Gasteiger partial charge in [-0.15, -0.1) is 11.3 Å². The molecule has 0 aliphatic carbocycles. The first-order valence-corrected chi connectivity index (χ1v) is 12.2. The van der Waals surface area contributed by atoms with Gasteiger partial charge in [0.05, 0.1) is 18.5 Å². The van der Waals surface area contributed by atoms with Crippen LogP contribution in [-0.2, 0) is 11.3 Å². The van der Waals surface area contributed by atoms with E-state index in [0.29, 0.717) is 29.3 Å². The van der Waals surface area contributed by atoms with E-state index >= 15 is 0 Å². The van der Waals surface area contributed by atoms with Crippen LogP contribution in [0.1, 0.15) is 18.4 Å². The molecule has 2 N–H and O–H groups in total. The second-order valence-electron chi connectivity index (χ2n) is 8.44. The van der Waals surface area contributed by atoms with Gasteiger partial charge >= 0.3 is 0 Å². The zero-order chi connectivity index (χ0) is 23.5. The number of nitrogens with one attached hydrogen (secondary N) is 2. The molecule has 1 aliphatic rings. The highest BCUT2D eigenvalue weighted by Gasteiger charge is 2.27. The number of rotatable bonds is 6. The van der Waals surface area contributed by atoms with Crippen LogP contribution in [0.2, 0.25) is 0 Å². The van der Waals surface area contributed by atoms with Crippen molar-refractivity contribution in [3.8, 4) is 16.9 Å². The first kappa shape index (κ1) is 22.2.